The van der Waals surface area contributed by atoms with E-state index in [1.165, 1.54) is 0 Å². The van der Waals surface area contributed by atoms with Crippen LogP contribution in [-0.2, 0) is 0 Å². The first-order valence-electron chi connectivity index (χ1n) is 3.07. The first-order valence-corrected chi connectivity index (χ1v) is 4.26. The minimum atomic E-state index is -0.899. The maximum atomic E-state index is 5.97. The van der Waals surface area contributed by atoms with Gasteiger partial charge in [0.2, 0.25) is 0 Å². The quantitative estimate of drug-likeness (QED) is 0.524. The summed E-state index contributed by atoms with van der Waals surface area (Å²) >= 11 is 17.4. The van der Waals surface area contributed by atoms with Gasteiger partial charge in [-0.1, -0.05) is 11.6 Å². The predicted molar refractivity (Wildman–Crippen MR) is 49.5 cm³/mol. The first kappa shape index (κ1) is 9.17. The molecule has 0 saturated carbocycles. The van der Waals surface area contributed by atoms with E-state index >= 15 is 0 Å². The minimum absolute atomic E-state index is 0.259. The third-order valence-electron chi connectivity index (χ3n) is 1.35. The van der Waals surface area contributed by atoms with Crippen molar-refractivity contribution < 1.29 is 0 Å². The monoisotopic (exact) mass is 212 g/mol. The number of alkyl halides is 2. The Morgan fingerprint density at radius 1 is 1.73 bits per heavy atom. The predicted octanol–water partition coefficient (Wildman–Crippen LogP) is 2.26. The topological polar surface area (TPSA) is 24.4 Å². The second-order valence-electron chi connectivity index (χ2n) is 2.22. The normalized spacial score (nSPS) is 32.5. The number of rotatable bonds is 1. The van der Waals surface area contributed by atoms with Gasteiger partial charge in [0.15, 0.2) is 10.3 Å². The standard InChI is InChI=1S/C6H7Cl3N2/c1-4(7)6(9)2-3-10-5(8)11-6/h2-4H,1H3,(H,10,11). The second-order valence-corrected chi connectivity index (χ2v) is 3.84. The molecule has 0 spiro atoms. The van der Waals surface area contributed by atoms with Gasteiger partial charge in [-0.3, -0.25) is 0 Å². The van der Waals surface area contributed by atoms with Crippen LogP contribution in [-0.4, -0.2) is 15.7 Å². The van der Waals surface area contributed by atoms with Crippen LogP contribution in [0.25, 0.3) is 0 Å². The molecule has 0 amide bonds. The smallest absolute Gasteiger partial charge is 0.197 e. The highest BCUT2D eigenvalue weighted by Gasteiger charge is 2.31. The summed E-state index contributed by atoms with van der Waals surface area (Å²) in [6.07, 6.45) is 3.29. The first-order chi connectivity index (χ1) is 5.04. The Bertz CT molecular complexity index is 212. The molecule has 0 bridgehead atoms. The van der Waals surface area contributed by atoms with Crippen LogP contribution in [0.1, 0.15) is 6.92 Å². The fourth-order valence-corrected chi connectivity index (χ4v) is 1.18. The molecule has 0 aromatic carbocycles. The van der Waals surface area contributed by atoms with Gasteiger partial charge in [-0.05, 0) is 24.6 Å². The lowest BCUT2D eigenvalue weighted by atomic mass is 10.2. The van der Waals surface area contributed by atoms with Crippen LogP contribution >= 0.6 is 34.8 Å². The molecule has 0 aromatic rings. The molecule has 0 aromatic heterocycles. The summed E-state index contributed by atoms with van der Waals surface area (Å²) in [4.78, 5) is 3.03. The lowest BCUT2D eigenvalue weighted by Crippen LogP contribution is -2.33. The van der Waals surface area contributed by atoms with E-state index in [0.717, 1.165) is 0 Å². The molecule has 0 aliphatic carbocycles. The molecule has 0 saturated heterocycles. The number of halogens is 3. The van der Waals surface area contributed by atoms with Crippen LogP contribution < -0.4 is 5.32 Å². The van der Waals surface area contributed by atoms with Crippen molar-refractivity contribution in [3.05, 3.63) is 12.3 Å². The third-order valence-corrected chi connectivity index (χ3v) is 2.52. The molecule has 1 heterocycles. The highest BCUT2D eigenvalue weighted by molar-refractivity contribution is 6.65. The number of aliphatic imine (C=N–C) groups is 1. The summed E-state index contributed by atoms with van der Waals surface area (Å²) in [6, 6.07) is 0. The largest absolute Gasteiger partial charge is 0.337 e. The van der Waals surface area contributed by atoms with E-state index in [1.54, 1.807) is 19.2 Å². The average molecular weight is 213 g/mol. The van der Waals surface area contributed by atoms with Crippen LogP contribution in [0, 0.1) is 0 Å². The van der Waals surface area contributed by atoms with Crippen molar-refractivity contribution in [1.29, 1.82) is 0 Å². The Morgan fingerprint density at radius 2 is 2.36 bits per heavy atom. The van der Waals surface area contributed by atoms with E-state index in [4.69, 9.17) is 34.8 Å². The molecule has 11 heavy (non-hydrogen) atoms. The van der Waals surface area contributed by atoms with Gasteiger partial charge in [-0.15, -0.1) is 11.6 Å². The van der Waals surface area contributed by atoms with Crippen LogP contribution in [0.15, 0.2) is 17.3 Å². The third kappa shape index (κ3) is 2.01. The molecule has 0 fully saturated rings. The van der Waals surface area contributed by atoms with Crippen molar-refractivity contribution in [2.24, 2.45) is 4.99 Å². The fraction of sp³-hybridized carbons (Fsp3) is 0.500. The highest BCUT2D eigenvalue weighted by Crippen LogP contribution is 2.29. The number of amidine groups is 1. The van der Waals surface area contributed by atoms with Gasteiger partial charge in [0.1, 0.15) is 0 Å². The zero-order valence-corrected chi connectivity index (χ0v) is 8.08. The van der Waals surface area contributed by atoms with E-state index in [9.17, 15) is 0 Å². The van der Waals surface area contributed by atoms with Crippen molar-refractivity contribution in [2.45, 2.75) is 17.3 Å². The summed E-state index contributed by atoms with van der Waals surface area (Å²) < 4.78 is 0. The van der Waals surface area contributed by atoms with E-state index in [-0.39, 0.29) is 10.7 Å². The van der Waals surface area contributed by atoms with Crippen molar-refractivity contribution in [3.8, 4) is 0 Å². The van der Waals surface area contributed by atoms with E-state index in [0.29, 0.717) is 0 Å². The van der Waals surface area contributed by atoms with Gasteiger partial charge in [0, 0.05) is 6.20 Å². The maximum Gasteiger partial charge on any atom is 0.197 e. The summed E-state index contributed by atoms with van der Waals surface area (Å²) in [6.45, 7) is 1.76. The van der Waals surface area contributed by atoms with E-state index < -0.39 is 5.00 Å². The molecule has 2 unspecified atom stereocenters. The molecule has 2 nitrogen and oxygen atoms in total. The highest BCUT2D eigenvalue weighted by atomic mass is 35.5. The zero-order valence-electron chi connectivity index (χ0n) is 5.81. The van der Waals surface area contributed by atoms with Gasteiger partial charge in [-0.2, -0.15) is 0 Å². The molecule has 1 aliphatic heterocycles. The fourth-order valence-electron chi connectivity index (χ4n) is 0.669. The van der Waals surface area contributed by atoms with Gasteiger partial charge in [0.05, 0.1) is 5.38 Å². The molecule has 0 radical (unpaired) electrons. The van der Waals surface area contributed by atoms with Gasteiger partial charge >= 0.3 is 0 Å². The van der Waals surface area contributed by atoms with Crippen molar-refractivity contribution >= 4 is 40.1 Å². The van der Waals surface area contributed by atoms with E-state index in [1.807, 2.05) is 0 Å². The Hall–Kier alpha value is 0.0800. The Morgan fingerprint density at radius 3 is 2.73 bits per heavy atom. The molecule has 1 rings (SSSR count). The number of hydrogen-bond donors (Lipinski definition) is 1. The van der Waals surface area contributed by atoms with Gasteiger partial charge < -0.3 is 5.32 Å². The van der Waals surface area contributed by atoms with Crippen LogP contribution in [0.5, 0.6) is 0 Å². The van der Waals surface area contributed by atoms with Crippen molar-refractivity contribution in [1.82, 2.24) is 5.32 Å². The summed E-state index contributed by atoms with van der Waals surface area (Å²) in [5.74, 6) is 0. The second kappa shape index (κ2) is 3.21. The van der Waals surface area contributed by atoms with Gasteiger partial charge in [0.25, 0.3) is 0 Å². The lowest BCUT2D eigenvalue weighted by molar-refractivity contribution is 0.703. The summed E-state index contributed by atoms with van der Waals surface area (Å²) in [5.41, 5.74) is 0. The molecule has 1 aliphatic rings. The maximum absolute atomic E-state index is 5.97. The Kier molecular flexibility index (Phi) is 2.68. The van der Waals surface area contributed by atoms with Crippen molar-refractivity contribution in [2.75, 3.05) is 0 Å². The van der Waals surface area contributed by atoms with Crippen LogP contribution in [0.4, 0.5) is 0 Å². The number of nitrogens with zero attached hydrogens (tertiary/aromatic N) is 1. The summed E-state index contributed by atoms with van der Waals surface area (Å²) in [5, 5.41) is 2.65. The number of nitrogens with one attached hydrogen (secondary N) is 1. The van der Waals surface area contributed by atoms with E-state index in [2.05, 4.69) is 10.3 Å². The van der Waals surface area contributed by atoms with Crippen LogP contribution in [0.3, 0.4) is 0 Å². The molecule has 62 valence electrons. The molecular weight excluding hydrogens is 206 g/mol. The minimum Gasteiger partial charge on any atom is -0.337 e. The van der Waals surface area contributed by atoms with Crippen LogP contribution in [0.2, 0.25) is 0 Å². The Labute approximate surface area is 80.2 Å². The Balaban J connectivity index is 2.85. The van der Waals surface area contributed by atoms with Gasteiger partial charge in [-0.25, -0.2) is 4.99 Å². The van der Waals surface area contributed by atoms with Crippen molar-refractivity contribution in [3.63, 3.8) is 0 Å². The molecule has 1 N–H and O–H groups in total. The average Bonchev–Trinajstić information content (AvgIpc) is 1.86. The zero-order chi connectivity index (χ0) is 8.48. The summed E-state index contributed by atoms with van der Waals surface area (Å²) in [7, 11) is 0. The molecular formula is C6H7Cl3N2. The number of hydrogen-bond acceptors (Lipinski definition) is 2. The molecule has 5 heteroatoms. The lowest BCUT2D eigenvalue weighted by Gasteiger charge is -2.24. The molecule has 2 atom stereocenters. The SMILES string of the molecule is CC(Cl)C1(Cl)C=CNC(Cl)=N1.